The van der Waals surface area contributed by atoms with Crippen LogP contribution in [-0.2, 0) is 0 Å². The van der Waals surface area contributed by atoms with Crippen LogP contribution in [0.15, 0.2) is 282 Å². The molecule has 0 saturated carbocycles. The van der Waals surface area contributed by atoms with Crippen molar-refractivity contribution < 1.29 is 83.5 Å². The number of hydrogen-bond acceptors (Lipinski definition) is 25. The highest BCUT2D eigenvalue weighted by Crippen LogP contribution is 2.32. The zero-order valence-electron chi connectivity index (χ0n) is 68.5. The molecule has 0 bridgehead atoms. The average Bonchev–Trinajstić information content (AvgIpc) is 0.838. The first-order valence-corrected chi connectivity index (χ1v) is 38.2. The van der Waals surface area contributed by atoms with Crippen molar-refractivity contribution in [2.75, 3.05) is 33.2 Å². The summed E-state index contributed by atoms with van der Waals surface area (Å²) in [6.07, 6.45) is 34.5. The lowest BCUT2D eigenvalue weighted by atomic mass is 10.1. The van der Waals surface area contributed by atoms with Gasteiger partial charge in [-0.3, -0.25) is 33.9 Å². The Morgan fingerprint density at radius 2 is 0.738 bits per heavy atom. The van der Waals surface area contributed by atoms with E-state index in [4.69, 9.17) is 46.0 Å². The molecule has 7 heterocycles. The predicted molar refractivity (Wildman–Crippen MR) is 462 cm³/mol. The lowest BCUT2D eigenvalue weighted by Gasteiger charge is -2.11. The fourth-order valence-electron chi connectivity index (χ4n) is 11.0. The predicted octanol–water partition coefficient (Wildman–Crippen LogP) is 18.6. The van der Waals surface area contributed by atoms with Crippen molar-refractivity contribution in [3.63, 3.8) is 0 Å². The molecule has 0 aliphatic heterocycles. The number of terminal acetylenes is 2. The second kappa shape index (κ2) is 46.2. The molecule has 0 spiro atoms. The number of nitriles is 1. The molecule has 130 heavy (non-hydrogen) atoms. The minimum Gasteiger partial charge on any atom is -0.494 e. The van der Waals surface area contributed by atoms with Crippen molar-refractivity contribution in [1.29, 1.82) is 5.26 Å². The van der Waals surface area contributed by atoms with Gasteiger partial charge in [0.25, 0.3) is 29.5 Å². The molecular formula is C94H68F6N18O12. The Morgan fingerprint density at radius 3 is 1.12 bits per heavy atom. The van der Waals surface area contributed by atoms with Crippen molar-refractivity contribution in [1.82, 2.24) is 59.8 Å². The number of carbonyl (C=O) groups is 5. The van der Waals surface area contributed by atoms with Gasteiger partial charge in [0.15, 0.2) is 34.6 Å². The number of benzene rings is 8. The molecular weight excluding hydrogens is 1690 g/mol. The van der Waals surface area contributed by atoms with Crippen LogP contribution in [-0.4, -0.2) is 102 Å². The summed E-state index contributed by atoms with van der Waals surface area (Å²) in [7, 11) is 0. The van der Waals surface area contributed by atoms with Crippen LogP contribution in [0.1, 0.15) is 95.1 Å². The Kier molecular flexibility index (Phi) is 32.8. The van der Waals surface area contributed by atoms with Gasteiger partial charge >= 0.3 is 0 Å². The van der Waals surface area contributed by atoms with Crippen LogP contribution in [0.3, 0.4) is 0 Å². The summed E-state index contributed by atoms with van der Waals surface area (Å²) < 4.78 is 121. The molecule has 648 valence electrons. The number of aromatic nitrogens is 12. The maximum atomic E-state index is 14.2. The first-order valence-electron chi connectivity index (χ1n) is 38.2. The molecule has 0 fully saturated rings. The van der Waals surface area contributed by atoms with Crippen LogP contribution in [0, 0.1) is 77.8 Å². The lowest BCUT2D eigenvalue weighted by molar-refractivity contribution is 0.101. The molecule has 5 amide bonds. The zero-order valence-corrected chi connectivity index (χ0v) is 68.5. The molecule has 0 atom stereocenters. The SMILES string of the molecule is C#Cc1cc(C(=O)Nc2cc(F)cc(Oc3cncnc3)c2)ccc1F.C#Cc1cccc(C(=O)Nc2cc(F)cc(Oc3cncnc3)c2)c1F.CC(C)Oc1ccnc(C(=O)Nc2cc(F)cc(Oc3cncnc3)c2)c1.CCOc1ccnc(C(=O)Nc2cc(F)cc(Oc3cncnc3)c2)c1.Cc1cccc(C(=O)Nc2cc(C#N)cc(Oc3cncnc3)c2)c1. The summed E-state index contributed by atoms with van der Waals surface area (Å²) in [5, 5.41) is 22.1. The Balaban J connectivity index is 0.000000157. The quantitative estimate of drug-likeness (QED) is 0.0277. The molecule has 0 radical (unpaired) electrons. The van der Waals surface area contributed by atoms with Crippen molar-refractivity contribution in [2.24, 2.45) is 0 Å². The Hall–Kier alpha value is -18.4. The number of rotatable bonds is 24. The van der Waals surface area contributed by atoms with Gasteiger partial charge < -0.3 is 59.7 Å². The third-order valence-electron chi connectivity index (χ3n) is 16.3. The monoisotopic (exact) mass is 1750 g/mol. The Bertz CT molecular complexity index is 6620. The van der Waals surface area contributed by atoms with E-state index in [1.807, 2.05) is 39.8 Å². The highest BCUT2D eigenvalue weighted by molar-refractivity contribution is 6.07. The van der Waals surface area contributed by atoms with Crippen LogP contribution >= 0.6 is 0 Å². The third-order valence-corrected chi connectivity index (χ3v) is 16.3. The summed E-state index contributed by atoms with van der Waals surface area (Å²) in [5.74, 6) is 1.79. The normalized spacial score (nSPS) is 10.2. The van der Waals surface area contributed by atoms with Crippen LogP contribution in [0.4, 0.5) is 54.8 Å². The third kappa shape index (κ3) is 28.9. The number of aryl methyl sites for hydroxylation is 1. The summed E-state index contributed by atoms with van der Waals surface area (Å²) in [4.78, 5) is 108. The number of nitrogens with zero attached hydrogens (tertiary/aromatic N) is 13. The number of carbonyl (C=O) groups excluding carboxylic acids is 5. The highest BCUT2D eigenvalue weighted by atomic mass is 19.1. The van der Waals surface area contributed by atoms with E-state index in [1.165, 1.54) is 197 Å². The fraction of sp³-hybridized carbons (Fsp3) is 0.0638. The van der Waals surface area contributed by atoms with Crippen molar-refractivity contribution >= 4 is 58.0 Å². The summed E-state index contributed by atoms with van der Waals surface area (Å²) in [6, 6.07) is 43.2. The van der Waals surface area contributed by atoms with Gasteiger partial charge in [-0.1, -0.05) is 35.6 Å². The van der Waals surface area contributed by atoms with E-state index in [1.54, 1.807) is 42.5 Å². The maximum Gasteiger partial charge on any atom is 0.274 e. The second-order valence-electron chi connectivity index (χ2n) is 26.6. The van der Waals surface area contributed by atoms with Gasteiger partial charge in [-0.05, 0) is 119 Å². The van der Waals surface area contributed by atoms with E-state index in [0.717, 1.165) is 35.9 Å². The van der Waals surface area contributed by atoms with E-state index in [0.29, 0.717) is 69.4 Å². The topological polar surface area (TPSA) is 389 Å². The standard InChI is InChI=1S/2C19H11F2N3O2.C19H17FN4O3.C19H14N4O2.C18H15FN4O3/c1-2-12-5-13(3-4-18(12)21)19(25)24-15-6-14(20)7-16(8-15)26-17-9-22-11-23-10-17;1-2-12-4-3-5-17(18(12)21)19(25)24-14-6-13(20)7-15(8-14)26-16-9-22-11-23-10-16;1-12(2)26-15-3-4-23-18(8-15)19(25)24-14-5-13(20)6-16(7-14)27-17-9-21-11-22-10-17;1-13-3-2-4-15(5-13)19(24)23-16-6-14(9-20)7-17(8-16)25-18-10-21-12-22-11-18;1-2-25-14-3-4-22-17(8-14)18(24)23-13-5-12(19)6-15(7-13)26-16-9-20-11-21-10-16/h2*1,3-11H,(H,24,25);3-12H,1-2H3,(H,24,25);2-8,10-12H,1H3,(H,23,24);3-11H,2H2,1H3,(H,23,24). The molecule has 5 N–H and O–H groups in total. The molecule has 36 heteroatoms. The molecule has 30 nitrogen and oxygen atoms in total. The first kappa shape index (κ1) is 92.3. The van der Waals surface area contributed by atoms with Crippen molar-refractivity contribution in [3.05, 3.63) is 367 Å². The number of anilines is 5. The van der Waals surface area contributed by atoms with Crippen LogP contribution in [0.5, 0.6) is 69.0 Å². The highest BCUT2D eigenvalue weighted by Gasteiger charge is 2.20. The van der Waals surface area contributed by atoms with Gasteiger partial charge in [0.2, 0.25) is 0 Å². The molecule has 15 rings (SSSR count). The first-order chi connectivity index (χ1) is 62.9. The maximum absolute atomic E-state index is 14.2. The van der Waals surface area contributed by atoms with Gasteiger partial charge in [-0.2, -0.15) is 5.26 Å². The summed E-state index contributed by atoms with van der Waals surface area (Å²) in [5.41, 5.74) is 3.20. The van der Waals surface area contributed by atoms with Gasteiger partial charge in [0, 0.05) is 119 Å². The smallest absolute Gasteiger partial charge is 0.274 e. The lowest BCUT2D eigenvalue weighted by Crippen LogP contribution is -2.14. The van der Waals surface area contributed by atoms with Crippen LogP contribution in [0.2, 0.25) is 0 Å². The molecule has 7 aromatic heterocycles. The van der Waals surface area contributed by atoms with E-state index in [-0.39, 0.29) is 91.4 Å². The van der Waals surface area contributed by atoms with E-state index in [9.17, 15) is 55.6 Å². The number of ether oxygens (including phenoxy) is 7. The van der Waals surface area contributed by atoms with Crippen molar-refractivity contribution in [3.8, 4) is 99.8 Å². The molecule has 0 aliphatic carbocycles. The molecule has 8 aromatic carbocycles. The number of hydrogen-bond donors (Lipinski definition) is 5. The molecule has 15 aromatic rings. The van der Waals surface area contributed by atoms with Crippen molar-refractivity contribution in [2.45, 2.75) is 33.8 Å². The Morgan fingerprint density at radius 1 is 0.377 bits per heavy atom. The van der Waals surface area contributed by atoms with E-state index in [2.05, 4.69) is 104 Å². The van der Waals surface area contributed by atoms with E-state index >= 15 is 0 Å². The molecule has 0 unspecified atom stereocenters. The Labute approximate surface area is 736 Å². The van der Waals surface area contributed by atoms with Gasteiger partial charge in [0.05, 0.1) is 103 Å². The number of halogens is 6. The average molecular weight is 1760 g/mol. The summed E-state index contributed by atoms with van der Waals surface area (Å²) >= 11 is 0. The largest absolute Gasteiger partial charge is 0.494 e. The molecule has 0 saturated heterocycles. The number of pyridine rings is 2. The zero-order chi connectivity index (χ0) is 92.3. The van der Waals surface area contributed by atoms with Crippen LogP contribution in [0.25, 0.3) is 0 Å². The molecule has 0 aliphatic rings. The number of nitrogens with one attached hydrogen (secondary N) is 5. The summed E-state index contributed by atoms with van der Waals surface area (Å²) in [6.45, 7) is 7.99. The second-order valence-corrected chi connectivity index (χ2v) is 26.6. The van der Waals surface area contributed by atoms with E-state index < -0.39 is 58.5 Å². The van der Waals surface area contributed by atoms with Gasteiger partial charge in [-0.25, -0.2) is 76.2 Å². The van der Waals surface area contributed by atoms with Gasteiger partial charge in [-0.15, -0.1) is 12.8 Å². The number of amides is 5. The van der Waals surface area contributed by atoms with Gasteiger partial charge in [0.1, 0.15) is 112 Å². The minimum absolute atomic E-state index is 0.0341. The minimum atomic E-state index is -0.818. The van der Waals surface area contributed by atoms with Crippen LogP contribution < -0.4 is 59.7 Å². The fourth-order valence-corrected chi connectivity index (χ4v) is 11.0.